The molecule has 2 aromatic rings. The molecule has 78 valence electrons. The van der Waals surface area contributed by atoms with Crippen molar-refractivity contribution in [3.63, 3.8) is 0 Å². The van der Waals surface area contributed by atoms with Crippen LogP contribution in [0.5, 0.6) is 0 Å². The van der Waals surface area contributed by atoms with Gasteiger partial charge in [-0.2, -0.15) is 0 Å². The maximum absolute atomic E-state index is 10.1. The van der Waals surface area contributed by atoms with E-state index < -0.39 is 6.10 Å². The van der Waals surface area contributed by atoms with Crippen molar-refractivity contribution in [1.29, 1.82) is 0 Å². The van der Waals surface area contributed by atoms with Gasteiger partial charge in [-0.3, -0.25) is 0 Å². The Hall–Kier alpha value is -1.06. The molecule has 0 bridgehead atoms. The van der Waals surface area contributed by atoms with Crippen molar-refractivity contribution in [3.8, 4) is 0 Å². The molecule has 2 rings (SSSR count). The van der Waals surface area contributed by atoms with Gasteiger partial charge < -0.3 is 9.52 Å². The monoisotopic (exact) mass is 266 g/mol. The predicted octanol–water partition coefficient (Wildman–Crippen LogP) is 3.43. The number of halogens is 1. The standard InChI is InChI=1S/C12H11BrO2/c1-8-3-2-4-9(7-8)11(14)12-10(13)5-6-15-12/h2-7,11,14H,1H3. The van der Waals surface area contributed by atoms with E-state index in [2.05, 4.69) is 15.9 Å². The molecule has 15 heavy (non-hydrogen) atoms. The molecule has 0 saturated carbocycles. The molecule has 0 aliphatic rings. The van der Waals surface area contributed by atoms with Crippen LogP contribution < -0.4 is 0 Å². The fourth-order valence-corrected chi connectivity index (χ4v) is 1.91. The number of hydrogen-bond acceptors (Lipinski definition) is 2. The largest absolute Gasteiger partial charge is 0.465 e. The van der Waals surface area contributed by atoms with Crippen molar-refractivity contribution in [2.45, 2.75) is 13.0 Å². The van der Waals surface area contributed by atoms with Crippen molar-refractivity contribution >= 4 is 15.9 Å². The summed E-state index contributed by atoms with van der Waals surface area (Å²) in [5.74, 6) is 0.542. The molecule has 1 aromatic heterocycles. The fourth-order valence-electron chi connectivity index (χ4n) is 1.49. The second kappa shape index (κ2) is 4.21. The van der Waals surface area contributed by atoms with Crippen molar-refractivity contribution in [3.05, 3.63) is 58.0 Å². The van der Waals surface area contributed by atoms with Crippen molar-refractivity contribution in [1.82, 2.24) is 0 Å². The number of aliphatic hydroxyl groups excluding tert-OH is 1. The zero-order chi connectivity index (χ0) is 10.8. The minimum absolute atomic E-state index is 0.542. The summed E-state index contributed by atoms with van der Waals surface area (Å²) in [4.78, 5) is 0. The molecule has 1 atom stereocenters. The topological polar surface area (TPSA) is 33.4 Å². The molecular weight excluding hydrogens is 256 g/mol. The van der Waals surface area contributed by atoms with Crippen LogP contribution in [0.25, 0.3) is 0 Å². The molecule has 0 aliphatic carbocycles. The third kappa shape index (κ3) is 2.13. The Morgan fingerprint density at radius 2 is 2.13 bits per heavy atom. The summed E-state index contributed by atoms with van der Waals surface area (Å²) in [6, 6.07) is 9.51. The summed E-state index contributed by atoms with van der Waals surface area (Å²) in [6.45, 7) is 1.99. The summed E-state index contributed by atoms with van der Waals surface area (Å²) in [7, 11) is 0. The molecule has 1 N–H and O–H groups in total. The normalized spacial score (nSPS) is 12.7. The Labute approximate surface area is 96.7 Å². The van der Waals surface area contributed by atoms with Crippen molar-refractivity contribution < 1.29 is 9.52 Å². The highest BCUT2D eigenvalue weighted by Gasteiger charge is 2.16. The Bertz CT molecular complexity index is 462. The number of hydrogen-bond donors (Lipinski definition) is 1. The molecule has 0 spiro atoms. The van der Waals surface area contributed by atoms with Crippen LogP contribution >= 0.6 is 15.9 Å². The number of benzene rings is 1. The van der Waals surface area contributed by atoms with Gasteiger partial charge in [0.1, 0.15) is 6.10 Å². The van der Waals surface area contributed by atoms with Crippen LogP contribution in [-0.2, 0) is 0 Å². The first-order chi connectivity index (χ1) is 7.18. The number of aliphatic hydroxyl groups is 1. The molecule has 0 radical (unpaired) electrons. The van der Waals surface area contributed by atoms with Gasteiger partial charge in [-0.05, 0) is 34.5 Å². The quantitative estimate of drug-likeness (QED) is 0.904. The van der Waals surface area contributed by atoms with E-state index in [4.69, 9.17) is 4.42 Å². The van der Waals surface area contributed by atoms with Crippen LogP contribution in [0, 0.1) is 6.92 Å². The zero-order valence-electron chi connectivity index (χ0n) is 8.27. The van der Waals surface area contributed by atoms with E-state index in [0.29, 0.717) is 5.76 Å². The van der Waals surface area contributed by atoms with E-state index in [0.717, 1.165) is 15.6 Å². The first-order valence-electron chi connectivity index (χ1n) is 4.66. The molecule has 1 unspecified atom stereocenters. The van der Waals surface area contributed by atoms with Gasteiger partial charge in [0.25, 0.3) is 0 Å². The zero-order valence-corrected chi connectivity index (χ0v) is 9.86. The SMILES string of the molecule is Cc1cccc(C(O)c2occc2Br)c1. The molecule has 0 saturated heterocycles. The maximum Gasteiger partial charge on any atom is 0.150 e. The third-order valence-electron chi connectivity index (χ3n) is 2.25. The van der Waals surface area contributed by atoms with E-state index in [9.17, 15) is 5.11 Å². The highest BCUT2D eigenvalue weighted by atomic mass is 79.9. The summed E-state index contributed by atoms with van der Waals surface area (Å²) in [6.07, 6.45) is 0.840. The Morgan fingerprint density at radius 1 is 1.33 bits per heavy atom. The predicted molar refractivity (Wildman–Crippen MR) is 61.6 cm³/mol. The van der Waals surface area contributed by atoms with Gasteiger partial charge in [0.05, 0.1) is 10.7 Å². The highest BCUT2D eigenvalue weighted by Crippen LogP contribution is 2.29. The van der Waals surface area contributed by atoms with Crippen LogP contribution in [0.4, 0.5) is 0 Å². The van der Waals surface area contributed by atoms with E-state index >= 15 is 0 Å². The van der Waals surface area contributed by atoms with Crippen LogP contribution in [0.1, 0.15) is 23.0 Å². The molecule has 0 aliphatic heterocycles. The summed E-state index contributed by atoms with van der Waals surface area (Å²) in [5.41, 5.74) is 1.96. The molecule has 0 fully saturated rings. The molecule has 1 heterocycles. The first-order valence-corrected chi connectivity index (χ1v) is 5.45. The second-order valence-corrected chi connectivity index (χ2v) is 4.30. The summed E-state index contributed by atoms with van der Waals surface area (Å²) in [5, 5.41) is 10.1. The Kier molecular flexibility index (Phi) is 2.93. The van der Waals surface area contributed by atoms with Crippen molar-refractivity contribution in [2.75, 3.05) is 0 Å². The second-order valence-electron chi connectivity index (χ2n) is 3.45. The van der Waals surface area contributed by atoms with E-state index in [1.165, 1.54) is 0 Å². The van der Waals surface area contributed by atoms with E-state index in [1.54, 1.807) is 12.3 Å². The van der Waals surface area contributed by atoms with Gasteiger partial charge in [0.15, 0.2) is 5.76 Å². The minimum Gasteiger partial charge on any atom is -0.465 e. The molecule has 3 heteroatoms. The molecular formula is C12H11BrO2. The minimum atomic E-state index is -0.714. The van der Waals surface area contributed by atoms with E-state index in [1.807, 2.05) is 31.2 Å². The van der Waals surface area contributed by atoms with Gasteiger partial charge >= 0.3 is 0 Å². The van der Waals surface area contributed by atoms with E-state index in [-0.39, 0.29) is 0 Å². The summed E-state index contributed by atoms with van der Waals surface area (Å²) >= 11 is 3.33. The van der Waals surface area contributed by atoms with Crippen LogP contribution in [0.3, 0.4) is 0 Å². The Morgan fingerprint density at radius 3 is 2.73 bits per heavy atom. The average Bonchev–Trinajstić information content (AvgIpc) is 2.63. The van der Waals surface area contributed by atoms with Crippen LogP contribution in [0.15, 0.2) is 45.5 Å². The number of aryl methyl sites for hydroxylation is 1. The number of rotatable bonds is 2. The highest BCUT2D eigenvalue weighted by molar-refractivity contribution is 9.10. The average molecular weight is 267 g/mol. The van der Waals surface area contributed by atoms with Crippen LogP contribution in [0.2, 0.25) is 0 Å². The van der Waals surface area contributed by atoms with Gasteiger partial charge in [0, 0.05) is 0 Å². The fraction of sp³-hybridized carbons (Fsp3) is 0.167. The molecule has 2 nitrogen and oxygen atoms in total. The van der Waals surface area contributed by atoms with Gasteiger partial charge in [-0.15, -0.1) is 0 Å². The lowest BCUT2D eigenvalue weighted by atomic mass is 10.1. The lowest BCUT2D eigenvalue weighted by Gasteiger charge is -2.09. The maximum atomic E-state index is 10.1. The van der Waals surface area contributed by atoms with Gasteiger partial charge in [-0.1, -0.05) is 29.8 Å². The van der Waals surface area contributed by atoms with Crippen molar-refractivity contribution in [2.24, 2.45) is 0 Å². The van der Waals surface area contributed by atoms with Gasteiger partial charge in [0.2, 0.25) is 0 Å². The first kappa shape index (κ1) is 10.5. The molecule has 1 aromatic carbocycles. The lowest BCUT2D eigenvalue weighted by Crippen LogP contribution is -1.98. The molecule has 0 amide bonds. The van der Waals surface area contributed by atoms with Crippen LogP contribution in [-0.4, -0.2) is 5.11 Å². The summed E-state index contributed by atoms with van der Waals surface area (Å²) < 4.78 is 6.01. The lowest BCUT2D eigenvalue weighted by molar-refractivity contribution is 0.188. The Balaban J connectivity index is 2.36. The third-order valence-corrected chi connectivity index (χ3v) is 2.91. The smallest absolute Gasteiger partial charge is 0.150 e. The van der Waals surface area contributed by atoms with Gasteiger partial charge in [-0.25, -0.2) is 0 Å². The number of furan rings is 1.